The zero-order valence-corrected chi connectivity index (χ0v) is 17.2. The van der Waals surface area contributed by atoms with Crippen molar-refractivity contribution in [3.8, 4) is 11.5 Å². The van der Waals surface area contributed by atoms with Gasteiger partial charge in [-0.05, 0) is 48.2 Å². The van der Waals surface area contributed by atoms with E-state index in [0.29, 0.717) is 11.5 Å². The van der Waals surface area contributed by atoms with Gasteiger partial charge in [0.05, 0.1) is 0 Å². The van der Waals surface area contributed by atoms with E-state index in [1.165, 1.54) is 17.5 Å². The largest absolute Gasteiger partial charge is 0.418 e. The van der Waals surface area contributed by atoms with Gasteiger partial charge in [0.2, 0.25) is 0 Å². The highest BCUT2D eigenvalue weighted by atomic mass is 79.9. The minimum absolute atomic E-state index is 0.0772. The van der Waals surface area contributed by atoms with Gasteiger partial charge in [0.1, 0.15) is 11.5 Å². The van der Waals surface area contributed by atoms with Crippen LogP contribution in [0.1, 0.15) is 43.2 Å². The van der Waals surface area contributed by atoms with Gasteiger partial charge >= 0.3 is 9.76 Å². The molecule has 0 bridgehead atoms. The van der Waals surface area contributed by atoms with Gasteiger partial charge in [-0.3, -0.25) is 0 Å². The molecule has 0 unspecified atom stereocenters. The van der Waals surface area contributed by atoms with E-state index in [0.717, 1.165) is 25.7 Å². The van der Waals surface area contributed by atoms with Crippen molar-refractivity contribution < 1.29 is 19.1 Å². The van der Waals surface area contributed by atoms with E-state index < -0.39 is 9.76 Å². The van der Waals surface area contributed by atoms with Gasteiger partial charge in [0, 0.05) is 37.3 Å². The third-order valence-electron chi connectivity index (χ3n) is 4.92. The van der Waals surface area contributed by atoms with Crippen LogP contribution in [-0.2, 0) is 5.41 Å². The molecule has 0 radical (unpaired) electrons. The van der Waals surface area contributed by atoms with E-state index in [2.05, 4.69) is 31.9 Å². The van der Waals surface area contributed by atoms with Gasteiger partial charge in [-0.1, -0.05) is 43.5 Å². The lowest BCUT2D eigenvalue weighted by Crippen LogP contribution is -2.30. The highest BCUT2D eigenvalue weighted by Gasteiger charge is 2.35. The van der Waals surface area contributed by atoms with E-state index in [9.17, 15) is 9.59 Å². The zero-order chi connectivity index (χ0) is 18.6. The summed E-state index contributed by atoms with van der Waals surface area (Å²) in [6, 6.07) is 15.4. The Labute approximate surface area is 169 Å². The van der Waals surface area contributed by atoms with Gasteiger partial charge in [0.25, 0.3) is 0 Å². The molecule has 0 N–H and O–H groups in total. The van der Waals surface area contributed by atoms with Crippen molar-refractivity contribution in [3.05, 3.63) is 59.7 Å². The van der Waals surface area contributed by atoms with Crippen LogP contribution in [0.2, 0.25) is 0 Å². The average Bonchev–Trinajstić information content (AvgIpc) is 2.62. The van der Waals surface area contributed by atoms with Crippen LogP contribution in [0.15, 0.2) is 48.5 Å². The number of carbonyl (C=O) groups excluding carboxylic acids is 2. The number of carbonyl (C=O) groups is 2. The molecule has 2 aromatic carbocycles. The maximum atomic E-state index is 11.0. The Hall–Kier alpha value is -1.66. The van der Waals surface area contributed by atoms with Crippen LogP contribution >= 0.6 is 31.9 Å². The highest BCUT2D eigenvalue weighted by molar-refractivity contribution is 9.18. The summed E-state index contributed by atoms with van der Waals surface area (Å²) in [5, 5.41) is 0. The second-order valence-electron chi connectivity index (χ2n) is 6.37. The van der Waals surface area contributed by atoms with Crippen molar-refractivity contribution in [1.82, 2.24) is 0 Å². The number of hydrogen-bond acceptors (Lipinski definition) is 4. The molecule has 0 aliphatic heterocycles. The van der Waals surface area contributed by atoms with Crippen LogP contribution in [-0.4, -0.2) is 9.76 Å². The van der Waals surface area contributed by atoms with Crippen molar-refractivity contribution in [2.75, 3.05) is 0 Å². The standard InChI is InChI=1S/C20H18Br2O4/c21-18(23)25-16-8-4-14(5-9-16)20(12-2-1-3-13-20)15-6-10-17(11-7-15)26-19(22)24/h4-11H,1-3,12-13H2. The first kappa shape index (κ1) is 19.1. The summed E-state index contributed by atoms with van der Waals surface area (Å²) in [4.78, 5) is 21.1. The van der Waals surface area contributed by atoms with Gasteiger partial charge in [-0.2, -0.15) is 0 Å². The first-order valence-electron chi connectivity index (χ1n) is 8.45. The highest BCUT2D eigenvalue weighted by Crippen LogP contribution is 2.45. The molecule has 0 heterocycles. The lowest BCUT2D eigenvalue weighted by molar-refractivity contribution is 0.227. The summed E-state index contributed by atoms with van der Waals surface area (Å²) in [6.07, 6.45) is 5.68. The molecule has 136 valence electrons. The van der Waals surface area contributed by atoms with E-state index >= 15 is 0 Å². The summed E-state index contributed by atoms with van der Waals surface area (Å²) < 4.78 is 10.1. The predicted octanol–water partition coefficient (Wildman–Crippen LogP) is 6.72. The fourth-order valence-electron chi connectivity index (χ4n) is 3.77. The second-order valence-corrected chi connectivity index (χ2v) is 7.67. The molecule has 4 nitrogen and oxygen atoms in total. The summed E-state index contributed by atoms with van der Waals surface area (Å²) >= 11 is 5.55. The Morgan fingerprint density at radius 1 is 0.692 bits per heavy atom. The topological polar surface area (TPSA) is 52.6 Å². The Balaban J connectivity index is 1.93. The zero-order valence-electron chi connectivity index (χ0n) is 14.0. The molecule has 1 aliphatic rings. The van der Waals surface area contributed by atoms with Gasteiger partial charge in [-0.15, -0.1) is 0 Å². The first-order chi connectivity index (χ1) is 12.5. The van der Waals surface area contributed by atoms with E-state index in [1.807, 2.05) is 48.5 Å². The molecule has 1 saturated carbocycles. The number of hydrogen-bond donors (Lipinski definition) is 0. The molecular weight excluding hydrogens is 464 g/mol. The Morgan fingerprint density at radius 2 is 1.08 bits per heavy atom. The fraction of sp³-hybridized carbons (Fsp3) is 0.300. The second kappa shape index (κ2) is 8.35. The normalized spacial score (nSPS) is 15.9. The van der Waals surface area contributed by atoms with Crippen LogP contribution < -0.4 is 9.47 Å². The van der Waals surface area contributed by atoms with Crippen molar-refractivity contribution in [1.29, 1.82) is 0 Å². The lowest BCUT2D eigenvalue weighted by atomic mass is 9.65. The number of halogens is 2. The maximum absolute atomic E-state index is 11.0. The van der Waals surface area contributed by atoms with E-state index in [4.69, 9.17) is 9.47 Å². The summed E-state index contributed by atoms with van der Waals surface area (Å²) in [5.41, 5.74) is 2.33. The molecule has 1 aliphatic carbocycles. The SMILES string of the molecule is O=C(Br)Oc1ccc(C2(c3ccc(OC(=O)Br)cc3)CCCCC2)cc1. The minimum atomic E-state index is -0.505. The molecule has 6 heteroatoms. The molecule has 26 heavy (non-hydrogen) atoms. The molecule has 0 atom stereocenters. The van der Waals surface area contributed by atoms with Crippen LogP contribution in [0.5, 0.6) is 11.5 Å². The van der Waals surface area contributed by atoms with Gasteiger partial charge in [0.15, 0.2) is 0 Å². The monoisotopic (exact) mass is 480 g/mol. The molecular formula is C20H18Br2O4. The van der Waals surface area contributed by atoms with Crippen LogP contribution in [0.3, 0.4) is 0 Å². The van der Waals surface area contributed by atoms with Gasteiger partial charge < -0.3 is 9.47 Å². The van der Waals surface area contributed by atoms with Crippen molar-refractivity contribution >= 4 is 41.6 Å². The summed E-state index contributed by atoms with van der Waals surface area (Å²) in [5.74, 6) is 1.03. The number of ether oxygens (including phenoxy) is 2. The van der Waals surface area contributed by atoms with Crippen LogP contribution in [0.4, 0.5) is 9.59 Å². The van der Waals surface area contributed by atoms with Crippen LogP contribution in [0, 0.1) is 0 Å². The molecule has 0 amide bonds. The van der Waals surface area contributed by atoms with E-state index in [-0.39, 0.29) is 5.41 Å². The molecule has 3 rings (SSSR count). The van der Waals surface area contributed by atoms with Gasteiger partial charge in [-0.25, -0.2) is 9.59 Å². The van der Waals surface area contributed by atoms with Crippen molar-refractivity contribution in [2.45, 2.75) is 37.5 Å². The molecule has 0 aromatic heterocycles. The van der Waals surface area contributed by atoms with Crippen LogP contribution in [0.25, 0.3) is 0 Å². The fourth-order valence-corrected chi connectivity index (χ4v) is 4.14. The lowest BCUT2D eigenvalue weighted by Gasteiger charge is -2.38. The predicted molar refractivity (Wildman–Crippen MR) is 107 cm³/mol. The Kier molecular flexibility index (Phi) is 6.14. The average molecular weight is 482 g/mol. The van der Waals surface area contributed by atoms with Crippen molar-refractivity contribution in [2.24, 2.45) is 0 Å². The quantitative estimate of drug-likeness (QED) is 0.454. The third kappa shape index (κ3) is 4.35. The number of rotatable bonds is 4. The summed E-state index contributed by atoms with van der Waals surface area (Å²) in [7, 11) is 0. The summed E-state index contributed by atoms with van der Waals surface area (Å²) in [6.45, 7) is 0. The van der Waals surface area contributed by atoms with Crippen molar-refractivity contribution in [3.63, 3.8) is 0 Å². The number of benzene rings is 2. The molecule has 2 aromatic rings. The Morgan fingerprint density at radius 3 is 1.42 bits per heavy atom. The maximum Gasteiger partial charge on any atom is 0.379 e. The third-order valence-corrected chi connectivity index (χ3v) is 5.24. The minimum Gasteiger partial charge on any atom is -0.418 e. The smallest absolute Gasteiger partial charge is 0.379 e. The molecule has 0 saturated heterocycles. The molecule has 1 fully saturated rings. The Bertz CT molecular complexity index is 717. The molecule has 0 spiro atoms. The van der Waals surface area contributed by atoms with E-state index in [1.54, 1.807) is 0 Å². The first-order valence-corrected chi connectivity index (χ1v) is 10.0.